The highest BCUT2D eigenvalue weighted by Crippen LogP contribution is 2.43. The van der Waals surface area contributed by atoms with Crippen LogP contribution in [0.15, 0.2) is 174 Å². The highest BCUT2D eigenvalue weighted by molar-refractivity contribution is 6.17. The van der Waals surface area contributed by atoms with E-state index in [1.165, 1.54) is 38.3 Å². The molecule has 11 rings (SSSR count). The van der Waals surface area contributed by atoms with E-state index in [0.717, 1.165) is 60.9 Å². The van der Waals surface area contributed by atoms with Crippen molar-refractivity contribution < 1.29 is 4.42 Å². The van der Waals surface area contributed by atoms with Crippen LogP contribution in [0.1, 0.15) is 0 Å². The minimum atomic E-state index is 0.854. The predicted molar refractivity (Wildman–Crippen MR) is 211 cm³/mol. The smallest absolute Gasteiger partial charge is 0.143 e. The van der Waals surface area contributed by atoms with E-state index >= 15 is 0 Å². The van der Waals surface area contributed by atoms with Gasteiger partial charge < -0.3 is 13.6 Å². The minimum absolute atomic E-state index is 0.854. The van der Waals surface area contributed by atoms with Crippen molar-refractivity contribution in [3.63, 3.8) is 0 Å². The normalized spacial score (nSPS) is 11.8. The van der Waals surface area contributed by atoms with Crippen molar-refractivity contribution in [2.75, 3.05) is 0 Å². The van der Waals surface area contributed by atoms with E-state index < -0.39 is 0 Å². The summed E-state index contributed by atoms with van der Waals surface area (Å²) < 4.78 is 11.6. The highest BCUT2D eigenvalue weighted by atomic mass is 16.3. The lowest BCUT2D eigenvalue weighted by atomic mass is 9.93. The van der Waals surface area contributed by atoms with Crippen LogP contribution < -0.4 is 0 Å². The fraction of sp³-hybridized carbons (Fsp3) is 0. The standard InChI is InChI=1S/C48H28N2O/c1-2-14-31(15-3-1)33-16-4-5-17-34(33)39-21-12-22-40-47-44(26-13-27-46(47)51-48(39)40)50-43-25-11-8-20-37(43)38-29-28-32(30-45(38)50)49-41-23-9-6-18-35(41)36-19-7-10-24-42(36)49/h1-7,9-10,12-30H. The number of rotatable bonds is 4. The Kier molecular flexibility index (Phi) is 5.87. The Balaban J connectivity index is 1.20. The summed E-state index contributed by atoms with van der Waals surface area (Å²) in [4.78, 5) is 0. The Morgan fingerprint density at radius 1 is 0.412 bits per heavy atom. The summed E-state index contributed by atoms with van der Waals surface area (Å²) in [6.45, 7) is 0. The molecule has 3 aromatic heterocycles. The summed E-state index contributed by atoms with van der Waals surface area (Å²) in [5, 5.41) is 6.97. The molecule has 0 atom stereocenters. The zero-order valence-electron chi connectivity index (χ0n) is 27.5. The van der Waals surface area contributed by atoms with E-state index in [0.29, 0.717) is 0 Å². The molecule has 0 aliphatic carbocycles. The van der Waals surface area contributed by atoms with Gasteiger partial charge in [-0.3, -0.25) is 0 Å². The van der Waals surface area contributed by atoms with Crippen LogP contribution in [0.25, 0.3) is 99.2 Å². The molecule has 51 heavy (non-hydrogen) atoms. The van der Waals surface area contributed by atoms with Crippen molar-refractivity contribution in [2.24, 2.45) is 0 Å². The van der Waals surface area contributed by atoms with Gasteiger partial charge >= 0.3 is 0 Å². The average molecular weight is 649 g/mol. The van der Waals surface area contributed by atoms with Crippen molar-refractivity contribution >= 4 is 65.6 Å². The quantitative estimate of drug-likeness (QED) is 0.186. The van der Waals surface area contributed by atoms with E-state index in [4.69, 9.17) is 4.42 Å². The second-order valence-corrected chi connectivity index (χ2v) is 13.1. The molecule has 0 amide bonds. The molecule has 11 aromatic rings. The number of nitrogens with zero attached hydrogens (tertiary/aromatic N) is 2. The molecule has 0 bridgehead atoms. The van der Waals surface area contributed by atoms with Crippen LogP contribution in [0.3, 0.4) is 0 Å². The molecular weight excluding hydrogens is 621 g/mol. The Morgan fingerprint density at radius 2 is 1.06 bits per heavy atom. The molecule has 0 unspecified atom stereocenters. The summed E-state index contributed by atoms with van der Waals surface area (Å²) in [5.74, 6) is 0. The fourth-order valence-corrected chi connectivity index (χ4v) is 8.25. The molecular formula is C48H28N2O. The summed E-state index contributed by atoms with van der Waals surface area (Å²) in [6, 6.07) is 66.9. The first kappa shape index (κ1) is 27.9. The molecule has 0 N–H and O–H groups in total. The Hall–Kier alpha value is -7.02. The van der Waals surface area contributed by atoms with Crippen LogP contribution in [-0.2, 0) is 0 Å². The van der Waals surface area contributed by atoms with Crippen molar-refractivity contribution in [1.29, 1.82) is 0 Å². The first-order chi connectivity index (χ1) is 25.3. The molecule has 0 saturated carbocycles. The van der Waals surface area contributed by atoms with Gasteiger partial charge in [0.1, 0.15) is 11.2 Å². The Labute approximate surface area is 293 Å². The van der Waals surface area contributed by atoms with Crippen LogP contribution in [-0.4, -0.2) is 9.13 Å². The van der Waals surface area contributed by atoms with Crippen molar-refractivity contribution in [3.8, 4) is 33.6 Å². The number of benzene rings is 7. The second-order valence-electron chi connectivity index (χ2n) is 13.1. The SMILES string of the molecule is c1cc2c3ccc(-n4c5ccccc5c5ccccc54)cc3n(-c3cccc4oc5c(-c6ccccc6-c6ccccc6)cccc5c34)c2cc#1. The minimum Gasteiger partial charge on any atom is -0.455 e. The fourth-order valence-electron chi connectivity index (χ4n) is 8.25. The van der Waals surface area contributed by atoms with Gasteiger partial charge in [0.05, 0.1) is 33.1 Å². The first-order valence-electron chi connectivity index (χ1n) is 17.3. The van der Waals surface area contributed by atoms with Crippen molar-refractivity contribution in [1.82, 2.24) is 9.13 Å². The van der Waals surface area contributed by atoms with Gasteiger partial charge in [0.2, 0.25) is 0 Å². The number of fused-ring (bicyclic) bond motifs is 9. The van der Waals surface area contributed by atoms with Gasteiger partial charge in [-0.05, 0) is 59.2 Å². The maximum absolute atomic E-state index is 6.84. The van der Waals surface area contributed by atoms with E-state index in [-0.39, 0.29) is 0 Å². The number of para-hydroxylation sites is 3. The van der Waals surface area contributed by atoms with Crippen LogP contribution in [0.4, 0.5) is 0 Å². The van der Waals surface area contributed by atoms with Gasteiger partial charge in [-0.2, -0.15) is 0 Å². The van der Waals surface area contributed by atoms with Crippen LogP contribution >= 0.6 is 0 Å². The second kappa shape index (κ2) is 10.7. The lowest BCUT2D eigenvalue weighted by molar-refractivity contribution is 0.670. The summed E-state index contributed by atoms with van der Waals surface area (Å²) in [6.07, 6.45) is 0. The summed E-state index contributed by atoms with van der Waals surface area (Å²) in [5.41, 5.74) is 13.1. The molecule has 0 radical (unpaired) electrons. The number of furan rings is 1. The molecule has 0 saturated heterocycles. The van der Waals surface area contributed by atoms with Crippen LogP contribution in [0, 0.1) is 12.1 Å². The Bertz CT molecular complexity index is 3090. The van der Waals surface area contributed by atoms with Gasteiger partial charge in [0, 0.05) is 44.2 Å². The molecule has 0 fully saturated rings. The van der Waals surface area contributed by atoms with Crippen molar-refractivity contribution in [2.45, 2.75) is 0 Å². The van der Waals surface area contributed by atoms with Gasteiger partial charge in [0.25, 0.3) is 0 Å². The molecule has 236 valence electrons. The number of hydrogen-bond donors (Lipinski definition) is 0. The summed E-state index contributed by atoms with van der Waals surface area (Å²) in [7, 11) is 0. The van der Waals surface area contributed by atoms with E-state index in [9.17, 15) is 0 Å². The number of hydrogen-bond acceptors (Lipinski definition) is 1. The molecule has 3 nitrogen and oxygen atoms in total. The molecule has 0 aliphatic heterocycles. The van der Waals surface area contributed by atoms with Gasteiger partial charge in [0.15, 0.2) is 0 Å². The molecule has 3 heterocycles. The van der Waals surface area contributed by atoms with Gasteiger partial charge in [-0.25, -0.2) is 0 Å². The highest BCUT2D eigenvalue weighted by Gasteiger charge is 2.21. The third-order valence-electron chi connectivity index (χ3n) is 10.4. The molecule has 0 spiro atoms. The zero-order valence-corrected chi connectivity index (χ0v) is 27.5. The molecule has 0 aliphatic rings. The average Bonchev–Trinajstić information content (AvgIpc) is 3.86. The zero-order chi connectivity index (χ0) is 33.5. The molecule has 8 aromatic carbocycles. The number of aromatic nitrogens is 2. The van der Waals surface area contributed by atoms with Crippen LogP contribution in [0.5, 0.6) is 0 Å². The van der Waals surface area contributed by atoms with Crippen LogP contribution in [0.2, 0.25) is 0 Å². The largest absolute Gasteiger partial charge is 0.455 e. The van der Waals surface area contributed by atoms with Gasteiger partial charge in [-0.1, -0.05) is 133 Å². The summed E-state index contributed by atoms with van der Waals surface area (Å²) >= 11 is 0. The van der Waals surface area contributed by atoms with E-state index in [1.54, 1.807) is 0 Å². The van der Waals surface area contributed by atoms with E-state index in [1.807, 2.05) is 0 Å². The third-order valence-corrected chi connectivity index (χ3v) is 10.4. The Morgan fingerprint density at radius 3 is 1.88 bits per heavy atom. The monoisotopic (exact) mass is 648 g/mol. The topological polar surface area (TPSA) is 23.0 Å². The van der Waals surface area contributed by atoms with Crippen molar-refractivity contribution in [3.05, 3.63) is 182 Å². The lowest BCUT2D eigenvalue weighted by Crippen LogP contribution is -1.97. The predicted octanol–water partition coefficient (Wildman–Crippen LogP) is 12.7. The first-order valence-corrected chi connectivity index (χ1v) is 17.3. The maximum atomic E-state index is 6.84. The molecule has 3 heteroatoms. The maximum Gasteiger partial charge on any atom is 0.143 e. The third kappa shape index (κ3) is 4.02. The van der Waals surface area contributed by atoms with E-state index in [2.05, 4.69) is 191 Å². The van der Waals surface area contributed by atoms with Gasteiger partial charge in [-0.15, -0.1) is 0 Å². The lowest BCUT2D eigenvalue weighted by Gasteiger charge is -2.12.